The summed E-state index contributed by atoms with van der Waals surface area (Å²) in [5.41, 5.74) is 1.44. The smallest absolute Gasteiger partial charge is 0.262 e. The Morgan fingerprint density at radius 1 is 0.757 bits per heavy atom. The van der Waals surface area contributed by atoms with Crippen molar-refractivity contribution < 1.29 is 18.0 Å². The number of hydrogen-bond donors (Lipinski definition) is 1. The summed E-state index contributed by atoms with van der Waals surface area (Å²) in [5.74, 6) is -0.880. The third-order valence-corrected chi connectivity index (χ3v) is 8.26. The van der Waals surface area contributed by atoms with Gasteiger partial charge in [-0.1, -0.05) is 70.5 Å². The summed E-state index contributed by atoms with van der Waals surface area (Å²) in [5, 5.41) is 0. The van der Waals surface area contributed by atoms with Crippen LogP contribution in [-0.2, 0) is 10.0 Å². The van der Waals surface area contributed by atoms with Gasteiger partial charge in [-0.25, -0.2) is 8.42 Å². The van der Waals surface area contributed by atoms with E-state index < -0.39 is 15.8 Å². The molecule has 0 aromatic heterocycles. The summed E-state index contributed by atoms with van der Waals surface area (Å²) in [6, 6.07) is 22.6. The molecule has 188 valence electrons. The summed E-state index contributed by atoms with van der Waals surface area (Å²) in [4.78, 5) is 31.1. The molecule has 0 unspecified atom stereocenters. The van der Waals surface area contributed by atoms with Crippen LogP contribution < -0.4 is 4.72 Å². The Bertz CT molecular complexity index is 1510. The first kappa shape index (κ1) is 25.0. The van der Waals surface area contributed by atoms with Crippen LogP contribution in [0.5, 0.6) is 0 Å². The van der Waals surface area contributed by atoms with Crippen LogP contribution in [0.15, 0.2) is 106 Å². The van der Waals surface area contributed by atoms with Gasteiger partial charge in [0, 0.05) is 41.8 Å². The predicted octanol–water partition coefficient (Wildman–Crippen LogP) is 4.31. The summed E-state index contributed by atoms with van der Waals surface area (Å²) < 4.78 is 29.6. The van der Waals surface area contributed by atoms with Crippen LogP contribution in [0, 0.1) is 0 Å². The van der Waals surface area contributed by atoms with Crippen LogP contribution in [0.25, 0.3) is 6.08 Å². The van der Waals surface area contributed by atoms with E-state index in [1.807, 2.05) is 47.5 Å². The lowest BCUT2D eigenvalue weighted by atomic mass is 9.90. The molecule has 0 bridgehead atoms. The van der Waals surface area contributed by atoms with Crippen LogP contribution in [0.2, 0.25) is 0 Å². The molecule has 0 spiro atoms. The highest BCUT2D eigenvalue weighted by Gasteiger charge is 2.38. The highest BCUT2D eigenvalue weighted by Crippen LogP contribution is 2.29. The molecule has 2 aliphatic rings. The Labute approximate surface area is 224 Å². The van der Waals surface area contributed by atoms with Gasteiger partial charge >= 0.3 is 0 Å². The second-order valence-electron chi connectivity index (χ2n) is 8.74. The molecule has 5 rings (SSSR count). The van der Waals surface area contributed by atoms with Gasteiger partial charge in [-0.2, -0.15) is 0 Å². The fourth-order valence-corrected chi connectivity index (χ4v) is 5.75. The number of carbonyl (C=O) groups is 2. The number of nitrogens with one attached hydrogen (secondary N) is 1. The first-order valence-electron chi connectivity index (χ1n) is 11.8. The lowest BCUT2D eigenvalue weighted by Gasteiger charge is -2.38. The normalized spacial score (nSPS) is 16.4. The molecule has 0 atom stereocenters. The summed E-state index contributed by atoms with van der Waals surface area (Å²) in [6.45, 7) is 2.14. The monoisotopic (exact) mass is 577 g/mol. The zero-order valence-corrected chi connectivity index (χ0v) is 22.2. The molecule has 7 nitrogen and oxygen atoms in total. The minimum Gasteiger partial charge on any atom is -0.374 e. The molecule has 37 heavy (non-hydrogen) atoms. The van der Waals surface area contributed by atoms with Crippen LogP contribution in [0.4, 0.5) is 0 Å². The average Bonchev–Trinajstić information content (AvgIpc) is 2.92. The summed E-state index contributed by atoms with van der Waals surface area (Å²) in [7, 11) is -4.11. The van der Waals surface area contributed by atoms with Gasteiger partial charge in [-0.05, 0) is 42.1 Å². The molecule has 1 N–H and O–H groups in total. The van der Waals surface area contributed by atoms with Crippen molar-refractivity contribution in [2.24, 2.45) is 0 Å². The topological polar surface area (TPSA) is 86.8 Å². The average molecular weight is 578 g/mol. The van der Waals surface area contributed by atoms with E-state index in [1.54, 1.807) is 36.4 Å². The zero-order chi connectivity index (χ0) is 26.0. The van der Waals surface area contributed by atoms with Crippen molar-refractivity contribution in [2.45, 2.75) is 4.90 Å². The van der Waals surface area contributed by atoms with E-state index in [9.17, 15) is 18.0 Å². The van der Waals surface area contributed by atoms with Crippen LogP contribution in [0.1, 0.15) is 26.3 Å². The maximum atomic E-state index is 13.6. The number of rotatable bonds is 6. The fourth-order valence-electron chi connectivity index (χ4n) is 4.42. The van der Waals surface area contributed by atoms with Gasteiger partial charge in [-0.3, -0.25) is 14.3 Å². The number of halogens is 1. The number of Topliss-reactive ketones (excluding diaryl/α,β-unsaturated/α-hetero) is 2. The molecule has 1 saturated heterocycles. The number of allylic oxidation sites excluding steroid dienone is 2. The quantitative estimate of drug-likeness (QED) is 0.470. The third-order valence-electron chi connectivity index (χ3n) is 6.36. The largest absolute Gasteiger partial charge is 0.374 e. The van der Waals surface area contributed by atoms with E-state index in [2.05, 4.69) is 25.6 Å². The van der Waals surface area contributed by atoms with Crippen molar-refractivity contribution in [3.8, 4) is 0 Å². The highest BCUT2D eigenvalue weighted by atomic mass is 79.9. The number of nitrogens with zero attached hydrogens (tertiary/aromatic N) is 2. The van der Waals surface area contributed by atoms with Gasteiger partial charge in [0.1, 0.15) is 11.4 Å². The zero-order valence-electron chi connectivity index (χ0n) is 19.8. The molecule has 0 saturated carbocycles. The first-order valence-corrected chi connectivity index (χ1v) is 14.0. The second-order valence-corrected chi connectivity index (χ2v) is 11.3. The Morgan fingerprint density at radius 2 is 1.35 bits per heavy atom. The highest BCUT2D eigenvalue weighted by molar-refractivity contribution is 9.10. The van der Waals surface area contributed by atoms with Gasteiger partial charge in [0.25, 0.3) is 10.0 Å². The van der Waals surface area contributed by atoms with Gasteiger partial charge < -0.3 is 9.80 Å². The number of carbonyl (C=O) groups excluding carboxylic acids is 2. The van der Waals surface area contributed by atoms with Gasteiger partial charge in [0.15, 0.2) is 0 Å². The van der Waals surface area contributed by atoms with Crippen molar-refractivity contribution in [3.05, 3.63) is 118 Å². The number of benzene rings is 3. The Balaban J connectivity index is 1.45. The van der Waals surface area contributed by atoms with Crippen LogP contribution in [0.3, 0.4) is 0 Å². The predicted molar refractivity (Wildman–Crippen MR) is 145 cm³/mol. The Morgan fingerprint density at radius 3 is 2.00 bits per heavy atom. The number of hydrogen-bond acceptors (Lipinski definition) is 6. The van der Waals surface area contributed by atoms with Crippen molar-refractivity contribution in [3.63, 3.8) is 0 Å². The van der Waals surface area contributed by atoms with Gasteiger partial charge in [0.2, 0.25) is 11.6 Å². The van der Waals surface area contributed by atoms with Crippen molar-refractivity contribution in [2.75, 3.05) is 26.2 Å². The molecule has 1 aliphatic carbocycles. The summed E-state index contributed by atoms with van der Waals surface area (Å²) in [6.07, 6.45) is 4.04. The SMILES string of the molecule is O=C1C(NS(=O)(=O)c2ccc(Br)cc2)=C(N2CCN(/C=C/c3ccccc3)CC2)C(=O)c2ccccc21. The molecule has 1 aliphatic heterocycles. The second kappa shape index (κ2) is 10.4. The molecule has 0 radical (unpaired) electrons. The first-order chi connectivity index (χ1) is 17.8. The lowest BCUT2D eigenvalue weighted by Crippen LogP contribution is -2.48. The van der Waals surface area contributed by atoms with Crippen molar-refractivity contribution >= 4 is 43.6 Å². The van der Waals surface area contributed by atoms with Crippen molar-refractivity contribution in [1.29, 1.82) is 0 Å². The van der Waals surface area contributed by atoms with Gasteiger partial charge in [0.05, 0.1) is 4.90 Å². The van der Waals surface area contributed by atoms with E-state index in [-0.39, 0.29) is 33.2 Å². The maximum Gasteiger partial charge on any atom is 0.262 e. The molecular weight excluding hydrogens is 554 g/mol. The van der Waals surface area contributed by atoms with Crippen molar-refractivity contribution in [1.82, 2.24) is 14.5 Å². The standard InChI is InChI=1S/C28H24BrN3O4S/c29-21-10-12-22(13-11-21)37(35,36)30-25-26(28(34)24-9-5-4-8-23(24)27(25)33)32-18-16-31(17-19-32)15-14-20-6-2-1-3-7-20/h1-15,30H,16-19H2/b15-14+. The van der Waals surface area contributed by atoms with Crippen LogP contribution >= 0.6 is 15.9 Å². The molecule has 1 heterocycles. The molecular formula is C28H24BrN3O4S. The number of fused-ring (bicyclic) bond motifs is 1. The minimum absolute atomic E-state index is 0.00229. The molecule has 3 aromatic rings. The van der Waals surface area contributed by atoms with E-state index >= 15 is 0 Å². The molecule has 0 amide bonds. The third kappa shape index (κ3) is 5.23. The summed E-state index contributed by atoms with van der Waals surface area (Å²) >= 11 is 3.30. The maximum absolute atomic E-state index is 13.6. The Kier molecular flexibility index (Phi) is 6.99. The number of ketones is 2. The van der Waals surface area contributed by atoms with E-state index in [4.69, 9.17) is 0 Å². The Hall–Kier alpha value is -3.69. The number of piperazine rings is 1. The lowest BCUT2D eigenvalue weighted by molar-refractivity contribution is 0.0918. The molecule has 9 heteroatoms. The van der Waals surface area contributed by atoms with E-state index in [1.165, 1.54) is 12.1 Å². The van der Waals surface area contributed by atoms with Gasteiger partial charge in [-0.15, -0.1) is 0 Å². The fraction of sp³-hybridized carbons (Fsp3) is 0.143. The molecule has 3 aromatic carbocycles. The van der Waals surface area contributed by atoms with E-state index in [0.29, 0.717) is 26.2 Å². The number of sulfonamides is 1. The van der Waals surface area contributed by atoms with E-state index in [0.717, 1.165) is 10.0 Å². The molecule has 1 fully saturated rings. The van der Waals surface area contributed by atoms with Crippen LogP contribution in [-0.4, -0.2) is 56.0 Å². The minimum atomic E-state index is -4.11.